The molecule has 0 atom stereocenters. The van der Waals surface area contributed by atoms with E-state index < -0.39 is 50.1 Å². The van der Waals surface area contributed by atoms with Crippen LogP contribution in [0.2, 0.25) is 0 Å². The molecule has 2 heterocycles. The highest BCUT2D eigenvalue weighted by molar-refractivity contribution is 7.85. The first-order chi connectivity index (χ1) is 28.9. The molecule has 7 rings (SSSR count). The number of rotatable bonds is 22. The van der Waals surface area contributed by atoms with Crippen molar-refractivity contribution in [3.63, 3.8) is 0 Å². The minimum Gasteiger partial charge on any atom is -0.379 e. The number of carbonyl (C=O) groups is 4. The Kier molecular flexibility index (Phi) is 14.9. The number of fused-ring (bicyclic) bond motifs is 2. The molecule has 0 saturated heterocycles. The summed E-state index contributed by atoms with van der Waals surface area (Å²) in [6, 6.07) is 14.4. The number of ether oxygens (including phenoxy) is 6. The van der Waals surface area contributed by atoms with Gasteiger partial charge in [-0.05, 0) is 63.5 Å². The van der Waals surface area contributed by atoms with Crippen LogP contribution in [0.25, 0.3) is 43.1 Å². The molecule has 4 amide bonds. The molecule has 0 unspecified atom stereocenters. The highest BCUT2D eigenvalue weighted by Crippen LogP contribution is 2.46. The van der Waals surface area contributed by atoms with Crippen LogP contribution in [-0.2, 0) is 49.1 Å². The van der Waals surface area contributed by atoms with Gasteiger partial charge in [0.15, 0.2) is 0 Å². The van der Waals surface area contributed by atoms with Crippen molar-refractivity contribution in [1.29, 1.82) is 0 Å². The summed E-state index contributed by atoms with van der Waals surface area (Å²) in [6.45, 7) is 5.20. The Morgan fingerprint density at radius 3 is 1.05 bits per heavy atom. The standard InChI is InChI=1S/C40H42N2O13S.O3S/c1-2-50-15-16-53-19-17-51-13-11-41-37(43)29-7-3-25-27-5-9-31-36-32(10-6-28(34(27)36)26-4-8-30(38(41)44)35(29)33(25)26)40(46)42(39(31)45)12-14-52-18-20-54-21-22-55-23-24-56(47,48)49;1-4(2)3/h3-10H,2,11-24H2,1H3,(H,47,48,49);. The average Bonchev–Trinajstić information content (AvgIpc) is 3.21. The van der Waals surface area contributed by atoms with E-state index in [9.17, 15) is 27.6 Å². The van der Waals surface area contributed by atoms with Gasteiger partial charge in [-0.2, -0.15) is 8.42 Å². The first-order valence-corrected chi connectivity index (χ1v) is 21.6. The lowest BCUT2D eigenvalue weighted by Gasteiger charge is -2.30. The smallest absolute Gasteiger partial charge is 0.379 e. The summed E-state index contributed by atoms with van der Waals surface area (Å²) in [5, 5.41) is 5.91. The Balaban J connectivity index is 0.00000144. The SMILES string of the molecule is CCOCCOCCOCCN1C(=O)c2ccc3c4ccc5c6c(ccc(c7ccc(c2c37)C1=O)c64)C(=O)N(CCOCCOCCOCCS(=O)(=O)O)C5=O.O=S(=O)=O. The maximum absolute atomic E-state index is 13.8. The monoisotopic (exact) mass is 870 g/mol. The van der Waals surface area contributed by atoms with Gasteiger partial charge < -0.3 is 28.4 Å². The molecule has 60 heavy (non-hydrogen) atoms. The van der Waals surface area contributed by atoms with Gasteiger partial charge in [0.05, 0.1) is 91.5 Å². The van der Waals surface area contributed by atoms with Crippen LogP contribution in [0.5, 0.6) is 0 Å². The predicted octanol–water partition coefficient (Wildman–Crippen LogP) is 2.93. The molecule has 5 aromatic rings. The average molecular weight is 871 g/mol. The Labute approximate surface area is 345 Å². The summed E-state index contributed by atoms with van der Waals surface area (Å²) in [5.74, 6) is -2.15. The van der Waals surface area contributed by atoms with E-state index in [2.05, 4.69) is 0 Å². The number of amides is 4. The Morgan fingerprint density at radius 1 is 0.467 bits per heavy atom. The van der Waals surface area contributed by atoms with Crippen molar-refractivity contribution in [1.82, 2.24) is 9.80 Å². The quantitative estimate of drug-likeness (QED) is 0.0346. The van der Waals surface area contributed by atoms with Gasteiger partial charge in [-0.3, -0.25) is 33.5 Å². The lowest BCUT2D eigenvalue weighted by Crippen LogP contribution is -2.42. The van der Waals surface area contributed by atoms with E-state index in [1.807, 2.05) is 31.2 Å². The first-order valence-electron chi connectivity index (χ1n) is 19.0. The largest absolute Gasteiger partial charge is 0.425 e. The van der Waals surface area contributed by atoms with Crippen molar-refractivity contribution < 1.29 is 73.2 Å². The topological polar surface area (TPSA) is 236 Å². The number of hydrogen-bond acceptors (Lipinski definition) is 15. The van der Waals surface area contributed by atoms with Crippen LogP contribution < -0.4 is 0 Å². The molecule has 1 N–H and O–H groups in total. The minimum atomic E-state index is -4.07. The summed E-state index contributed by atoms with van der Waals surface area (Å²) in [7, 11) is -7.18. The molecule has 2 aliphatic rings. The Morgan fingerprint density at radius 2 is 0.750 bits per heavy atom. The maximum atomic E-state index is 13.8. The van der Waals surface area contributed by atoms with E-state index in [0.29, 0.717) is 66.1 Å². The molecule has 2 aliphatic heterocycles. The molecule has 0 bridgehead atoms. The van der Waals surface area contributed by atoms with Gasteiger partial charge >= 0.3 is 10.6 Å². The molecule has 0 fully saturated rings. The third-order valence-electron chi connectivity index (χ3n) is 9.90. The fraction of sp³-hybridized carbons (Fsp3) is 0.400. The lowest BCUT2D eigenvalue weighted by molar-refractivity contribution is 0.0127. The normalized spacial score (nSPS) is 14.0. The zero-order valence-electron chi connectivity index (χ0n) is 32.5. The van der Waals surface area contributed by atoms with Crippen molar-refractivity contribution in [3.05, 3.63) is 70.8 Å². The third kappa shape index (κ3) is 9.78. The number of nitrogens with zero attached hydrogens (tertiary/aromatic N) is 2. The van der Waals surface area contributed by atoms with E-state index in [4.69, 9.17) is 45.6 Å². The van der Waals surface area contributed by atoms with E-state index in [1.165, 1.54) is 9.80 Å². The molecule has 0 aliphatic carbocycles. The van der Waals surface area contributed by atoms with Crippen molar-refractivity contribution in [3.8, 4) is 0 Å². The predicted molar refractivity (Wildman–Crippen MR) is 215 cm³/mol. The van der Waals surface area contributed by atoms with Crippen molar-refractivity contribution in [2.24, 2.45) is 0 Å². The summed E-state index contributed by atoms with van der Waals surface area (Å²) < 4.78 is 87.9. The van der Waals surface area contributed by atoms with Gasteiger partial charge in [0.2, 0.25) is 0 Å². The molecule has 20 heteroatoms. The second kappa shape index (κ2) is 20.0. The maximum Gasteiger partial charge on any atom is 0.425 e. The van der Waals surface area contributed by atoms with Gasteiger partial charge in [0.25, 0.3) is 33.7 Å². The van der Waals surface area contributed by atoms with Gasteiger partial charge in [0, 0.05) is 39.6 Å². The Hall–Kier alpha value is -5.03. The van der Waals surface area contributed by atoms with Gasteiger partial charge in [0.1, 0.15) is 0 Å². The van der Waals surface area contributed by atoms with Crippen LogP contribution >= 0.6 is 0 Å². The van der Waals surface area contributed by atoms with E-state index in [1.54, 1.807) is 24.3 Å². The fourth-order valence-corrected chi connectivity index (χ4v) is 7.70. The molecule has 0 spiro atoms. The van der Waals surface area contributed by atoms with Crippen LogP contribution in [0.1, 0.15) is 48.4 Å². The highest BCUT2D eigenvalue weighted by atomic mass is 32.2. The van der Waals surface area contributed by atoms with Gasteiger partial charge in [-0.15, -0.1) is 12.6 Å². The second-order valence-corrected chi connectivity index (χ2v) is 15.4. The summed E-state index contributed by atoms with van der Waals surface area (Å²) in [6.07, 6.45) is 0. The van der Waals surface area contributed by atoms with Crippen LogP contribution in [-0.4, -0.2) is 157 Å². The molecule has 320 valence electrons. The van der Waals surface area contributed by atoms with Gasteiger partial charge in [-0.1, -0.05) is 24.3 Å². The molecular formula is C40H42N2O16S2. The number of benzene rings is 5. The van der Waals surface area contributed by atoms with Crippen molar-refractivity contribution in [2.75, 3.05) is 98.1 Å². The lowest BCUT2D eigenvalue weighted by atomic mass is 9.82. The van der Waals surface area contributed by atoms with Crippen LogP contribution in [0, 0.1) is 0 Å². The van der Waals surface area contributed by atoms with Gasteiger partial charge in [-0.25, -0.2) is 0 Å². The summed E-state index contributed by atoms with van der Waals surface area (Å²) in [4.78, 5) is 57.6. The van der Waals surface area contributed by atoms with Crippen LogP contribution in [0.4, 0.5) is 0 Å². The van der Waals surface area contributed by atoms with Crippen LogP contribution in [0.3, 0.4) is 0 Å². The number of carbonyl (C=O) groups excluding carboxylic acids is 4. The Bertz CT molecular complexity index is 2530. The van der Waals surface area contributed by atoms with E-state index in [-0.39, 0.29) is 59.3 Å². The molecule has 0 radical (unpaired) electrons. The summed E-state index contributed by atoms with van der Waals surface area (Å²) in [5.41, 5.74) is 1.64. The third-order valence-corrected chi connectivity index (χ3v) is 10.6. The molecule has 0 saturated carbocycles. The van der Waals surface area contributed by atoms with E-state index >= 15 is 0 Å². The highest BCUT2D eigenvalue weighted by Gasteiger charge is 2.36. The molecule has 18 nitrogen and oxygen atoms in total. The minimum absolute atomic E-state index is 0.0309. The molecule has 5 aromatic carbocycles. The number of imide groups is 2. The van der Waals surface area contributed by atoms with Crippen molar-refractivity contribution in [2.45, 2.75) is 6.92 Å². The first kappa shape index (κ1) is 44.5. The van der Waals surface area contributed by atoms with E-state index in [0.717, 1.165) is 32.3 Å². The molecule has 0 aromatic heterocycles. The van der Waals surface area contributed by atoms with Crippen molar-refractivity contribution >= 4 is 87.4 Å². The second-order valence-electron chi connectivity index (χ2n) is 13.4. The number of hydrogen-bond donors (Lipinski definition) is 1. The fourth-order valence-electron chi connectivity index (χ4n) is 7.38. The summed E-state index contributed by atoms with van der Waals surface area (Å²) >= 11 is 0. The zero-order valence-corrected chi connectivity index (χ0v) is 34.1. The molecular weight excluding hydrogens is 829 g/mol. The van der Waals surface area contributed by atoms with Crippen LogP contribution in [0.15, 0.2) is 48.5 Å². The zero-order chi connectivity index (χ0) is 43.0.